The number of allylic oxidation sites excluding steroid dienone is 12. The van der Waals surface area contributed by atoms with Gasteiger partial charge in [-0.2, -0.15) is 0 Å². The van der Waals surface area contributed by atoms with E-state index in [4.69, 9.17) is 0 Å². The van der Waals surface area contributed by atoms with Crippen molar-refractivity contribution in [2.45, 2.75) is 50.4 Å². The summed E-state index contributed by atoms with van der Waals surface area (Å²) in [5.41, 5.74) is 16.3. The highest BCUT2D eigenvalue weighted by Crippen LogP contribution is 2.43. The van der Waals surface area contributed by atoms with Crippen LogP contribution in [-0.2, 0) is 0 Å². The molecule has 0 fully saturated rings. The Labute approximate surface area is 484 Å². The molecule has 2 aliphatic carbocycles. The van der Waals surface area contributed by atoms with Gasteiger partial charge in [-0.25, -0.2) is 0 Å². The van der Waals surface area contributed by atoms with E-state index in [1.165, 1.54) is 87.8 Å². The SMILES string of the molecule is C=CC=c1c(=C)cc2n1-c1ccc(-c3ccc(N(C4=CC=C(C5=CC=C([Si](c6ccccc6)(c6ccccc6)c6ccccc6)CC5)CC4)c4ccc(C(C=C)CC=Cn5c6ccccc6c6ccccc65)cc4)cc3)cc1C2CC=C. The van der Waals surface area contributed by atoms with Crippen molar-refractivity contribution < 1.29 is 0 Å². The lowest BCUT2D eigenvalue weighted by Crippen LogP contribution is -2.68. The molecule has 0 saturated heterocycles. The molecular formula is C78H67N3Si. The second-order valence-corrected chi connectivity index (χ2v) is 25.9. The van der Waals surface area contributed by atoms with Gasteiger partial charge in [-0.3, -0.25) is 0 Å². The number of anilines is 2. The van der Waals surface area contributed by atoms with E-state index in [1.54, 1.807) is 5.20 Å². The lowest BCUT2D eigenvalue weighted by Gasteiger charge is -2.38. The molecule has 0 N–H and O–H groups in total. The number of rotatable bonds is 17. The lowest BCUT2D eigenvalue weighted by atomic mass is 9.90. The molecule has 0 saturated carbocycles. The van der Waals surface area contributed by atoms with Crippen LogP contribution in [0.2, 0.25) is 0 Å². The second-order valence-electron chi connectivity index (χ2n) is 22.0. The minimum Gasteiger partial charge on any atom is -0.316 e. The van der Waals surface area contributed by atoms with Crippen molar-refractivity contribution in [1.29, 1.82) is 0 Å². The smallest absolute Gasteiger partial charge is 0.175 e. The molecule has 3 aliphatic rings. The number of fused-ring (bicyclic) bond motifs is 6. The number of aromatic nitrogens is 2. The summed E-state index contributed by atoms with van der Waals surface area (Å²) in [5, 5.41) is 10.5. The molecule has 13 rings (SSSR count). The zero-order chi connectivity index (χ0) is 55.6. The molecule has 0 amide bonds. The van der Waals surface area contributed by atoms with E-state index in [2.05, 4.69) is 301 Å². The Morgan fingerprint density at radius 1 is 0.561 bits per heavy atom. The largest absolute Gasteiger partial charge is 0.316 e. The molecule has 4 heteroatoms. The Kier molecular flexibility index (Phi) is 14.3. The Bertz CT molecular complexity index is 4190. The van der Waals surface area contributed by atoms with Crippen LogP contribution < -0.4 is 31.0 Å². The fourth-order valence-corrected chi connectivity index (χ4v) is 18.6. The zero-order valence-electron chi connectivity index (χ0n) is 46.5. The van der Waals surface area contributed by atoms with Gasteiger partial charge in [0.1, 0.15) is 0 Å². The number of nitrogens with zero attached hydrogens (tertiary/aromatic N) is 3. The maximum Gasteiger partial charge on any atom is 0.175 e. The van der Waals surface area contributed by atoms with Gasteiger partial charge in [-0.1, -0.05) is 219 Å². The molecule has 2 atom stereocenters. The quantitative estimate of drug-likeness (QED) is 0.0503. The highest BCUT2D eigenvalue weighted by Gasteiger charge is 2.43. The van der Waals surface area contributed by atoms with E-state index in [0.717, 1.165) is 60.5 Å². The first kappa shape index (κ1) is 51.9. The number of benzene rings is 8. The average molecular weight is 1070 g/mol. The zero-order valence-corrected chi connectivity index (χ0v) is 47.5. The van der Waals surface area contributed by atoms with Crippen molar-refractivity contribution in [2.24, 2.45) is 0 Å². The maximum atomic E-state index is 4.38. The standard InChI is InChI=1S/C78H67N3Si/c1-5-22-70-73-55-62(43-52-77(73)81-74(23-6-2)56(4)54-78(70)81)61-39-48-65(49-40-61)80(63-44-35-58(36-45-63)57(7-3)24-21-53-79-75-33-19-17-31-71(75)72-32-18-20-34-76(72)79)64-46-37-59(38-47-64)60-41-50-69(51-42-60)82(66-25-11-8-12-26-66,67-27-13-9-14-28-67)68-29-15-10-16-30-68/h5-21,23,25-37,39-41,43-46,48-50,52-55,57,70H,1-4,22,24,38,42,47,51H2. The third kappa shape index (κ3) is 9.29. The third-order valence-electron chi connectivity index (χ3n) is 17.5. The molecule has 82 heavy (non-hydrogen) atoms. The molecule has 10 aromatic rings. The maximum absolute atomic E-state index is 4.38. The van der Waals surface area contributed by atoms with Crippen LogP contribution in [0.1, 0.15) is 67.2 Å². The first-order valence-corrected chi connectivity index (χ1v) is 31.0. The summed E-state index contributed by atoms with van der Waals surface area (Å²) in [7, 11) is -2.55. The highest BCUT2D eigenvalue weighted by molar-refractivity contribution is 7.16. The monoisotopic (exact) mass is 1070 g/mol. The molecule has 398 valence electrons. The lowest BCUT2D eigenvalue weighted by molar-refractivity contribution is 0.824. The van der Waals surface area contributed by atoms with E-state index in [0.29, 0.717) is 0 Å². The van der Waals surface area contributed by atoms with Crippen molar-refractivity contribution in [3.05, 3.63) is 330 Å². The van der Waals surface area contributed by atoms with Crippen LogP contribution in [0.5, 0.6) is 0 Å². The van der Waals surface area contributed by atoms with Crippen LogP contribution in [0.4, 0.5) is 11.4 Å². The van der Waals surface area contributed by atoms with Crippen LogP contribution in [0.3, 0.4) is 0 Å². The summed E-state index contributed by atoms with van der Waals surface area (Å²) in [6, 6.07) is 78.8. The minimum atomic E-state index is -2.55. The molecule has 0 bridgehead atoms. The highest BCUT2D eigenvalue weighted by atomic mass is 28.3. The van der Waals surface area contributed by atoms with E-state index in [-0.39, 0.29) is 11.8 Å². The van der Waals surface area contributed by atoms with E-state index >= 15 is 0 Å². The molecule has 1 aliphatic heterocycles. The summed E-state index contributed by atoms with van der Waals surface area (Å²) in [5.74, 6) is 0.362. The van der Waals surface area contributed by atoms with E-state index in [9.17, 15) is 0 Å². The van der Waals surface area contributed by atoms with Gasteiger partial charge in [0.05, 0.1) is 16.4 Å². The predicted molar refractivity (Wildman–Crippen MR) is 353 cm³/mol. The number of hydrogen-bond acceptors (Lipinski definition) is 1. The van der Waals surface area contributed by atoms with Crippen molar-refractivity contribution in [2.75, 3.05) is 4.90 Å². The topological polar surface area (TPSA) is 13.1 Å². The van der Waals surface area contributed by atoms with Crippen LogP contribution in [0.15, 0.2) is 303 Å². The number of hydrogen-bond donors (Lipinski definition) is 0. The molecular weight excluding hydrogens is 1010 g/mol. The number of para-hydroxylation sites is 2. The van der Waals surface area contributed by atoms with Gasteiger partial charge in [-0.15, -0.1) is 13.2 Å². The molecule has 2 unspecified atom stereocenters. The van der Waals surface area contributed by atoms with Gasteiger partial charge in [0.15, 0.2) is 8.07 Å². The first-order valence-electron chi connectivity index (χ1n) is 29.0. The van der Waals surface area contributed by atoms with E-state index in [1.807, 2.05) is 12.2 Å². The fraction of sp³-hybridized carbons (Fsp3) is 0.103. The molecule has 3 nitrogen and oxygen atoms in total. The minimum absolute atomic E-state index is 0.152. The van der Waals surface area contributed by atoms with Gasteiger partial charge in [0.25, 0.3) is 0 Å². The Morgan fingerprint density at radius 3 is 1.67 bits per heavy atom. The summed E-state index contributed by atoms with van der Waals surface area (Å²) in [6.07, 6.45) is 27.9. The average Bonchev–Trinajstić information content (AvgIpc) is 4.31. The Balaban J connectivity index is 0.833. The van der Waals surface area contributed by atoms with Crippen LogP contribution >= 0.6 is 0 Å². The molecule has 0 radical (unpaired) electrons. The van der Waals surface area contributed by atoms with Gasteiger partial charge in [0.2, 0.25) is 0 Å². The van der Waals surface area contributed by atoms with E-state index < -0.39 is 8.07 Å². The van der Waals surface area contributed by atoms with Gasteiger partial charge in [0, 0.05) is 57.3 Å². The van der Waals surface area contributed by atoms with Crippen molar-refractivity contribution in [1.82, 2.24) is 9.13 Å². The summed E-state index contributed by atoms with van der Waals surface area (Å²) < 4.78 is 4.68. The summed E-state index contributed by atoms with van der Waals surface area (Å²) in [6.45, 7) is 16.9. The molecule has 0 spiro atoms. The first-order chi connectivity index (χ1) is 40.5. The Morgan fingerprint density at radius 2 is 1.12 bits per heavy atom. The van der Waals surface area contributed by atoms with Crippen molar-refractivity contribution >= 4 is 75.7 Å². The van der Waals surface area contributed by atoms with Crippen molar-refractivity contribution in [3.8, 4) is 16.8 Å². The normalized spacial score (nSPS) is 15.6. The van der Waals surface area contributed by atoms with Crippen LogP contribution in [0.25, 0.3) is 57.5 Å². The Hall–Kier alpha value is -9.48. The summed E-state index contributed by atoms with van der Waals surface area (Å²) >= 11 is 0. The third-order valence-corrected chi connectivity index (χ3v) is 22.5. The van der Waals surface area contributed by atoms with Crippen LogP contribution in [-0.4, -0.2) is 17.2 Å². The van der Waals surface area contributed by atoms with Crippen molar-refractivity contribution in [3.63, 3.8) is 0 Å². The van der Waals surface area contributed by atoms with Gasteiger partial charge in [-0.05, 0) is 159 Å². The summed E-state index contributed by atoms with van der Waals surface area (Å²) in [4.78, 5) is 2.48. The fourth-order valence-electron chi connectivity index (χ4n) is 13.6. The van der Waals surface area contributed by atoms with Crippen LogP contribution in [0, 0.1) is 0 Å². The van der Waals surface area contributed by atoms with Gasteiger partial charge < -0.3 is 14.0 Å². The molecule has 8 aromatic carbocycles. The van der Waals surface area contributed by atoms with Gasteiger partial charge >= 0.3 is 0 Å². The second kappa shape index (κ2) is 22.6. The molecule has 3 heterocycles. The predicted octanol–water partition coefficient (Wildman–Crippen LogP) is 16.6. The molecule has 2 aromatic heterocycles.